The van der Waals surface area contributed by atoms with E-state index in [0.717, 1.165) is 135 Å². The first kappa shape index (κ1) is 111. The number of benzene rings is 10. The number of carbonyl (C=O) groups excluding carboxylic acids is 4. The molecule has 0 spiro atoms. The summed E-state index contributed by atoms with van der Waals surface area (Å²) in [5, 5.41) is 82.9. The Bertz CT molecular complexity index is 8460. The molecular weight excluding hydrogens is 1970 g/mol. The van der Waals surface area contributed by atoms with Crippen molar-refractivity contribution in [2.24, 2.45) is 10.9 Å². The number of hydrogen-bond donors (Lipinski definition) is 8. The van der Waals surface area contributed by atoms with Gasteiger partial charge in [-0.1, -0.05) is 55.5 Å². The molecule has 1 aliphatic rings. The molecule has 774 valence electrons. The van der Waals surface area contributed by atoms with Crippen LogP contribution in [0, 0.1) is 68.0 Å². The topological polar surface area (TPSA) is 548 Å². The highest BCUT2D eigenvalue weighted by Gasteiger charge is 2.32. The maximum atomic E-state index is 12.9. The van der Waals surface area contributed by atoms with Gasteiger partial charge >= 0.3 is 5.97 Å². The van der Waals surface area contributed by atoms with Crippen LogP contribution in [0.5, 0.6) is 34.5 Å². The van der Waals surface area contributed by atoms with Crippen molar-refractivity contribution in [1.29, 1.82) is 31.6 Å². The number of ether oxygens (including phenoxy) is 6. The Morgan fingerprint density at radius 1 is 0.400 bits per heavy atom. The predicted octanol–water partition coefficient (Wildman–Crippen LogP) is 15.6. The number of amides is 3. The summed E-state index contributed by atoms with van der Waals surface area (Å²) in [5.74, 6) is 1.88. The Hall–Kier alpha value is -17.5. The van der Waals surface area contributed by atoms with Gasteiger partial charge in [0, 0.05) is 162 Å². The smallest absolute Gasteiger partial charge is 0.320 e. The lowest BCUT2D eigenvalue weighted by molar-refractivity contribution is -0.139. The van der Waals surface area contributed by atoms with Gasteiger partial charge in [-0.05, 0) is 193 Å². The van der Waals surface area contributed by atoms with E-state index in [-0.39, 0.29) is 50.2 Å². The zero-order valence-electron chi connectivity index (χ0n) is 85.0. The molecule has 0 unspecified atom stereocenters. The molecule has 6 aromatic heterocycles. The van der Waals surface area contributed by atoms with Crippen molar-refractivity contribution in [3.8, 4) is 116 Å². The number of nitriles is 6. The molecule has 40 heteroatoms. The number of primary sulfonamides is 1. The highest BCUT2D eigenvalue weighted by atomic mass is 32.2. The number of phenolic OH excluding ortho intramolecular Hbond substituents is 1. The fourth-order valence-electron chi connectivity index (χ4n) is 18.1. The molecule has 1 saturated heterocycles. The summed E-state index contributed by atoms with van der Waals surface area (Å²) >= 11 is 0. The first-order valence-electron chi connectivity index (χ1n) is 47.7. The number of methoxy groups -OCH3 is 6. The van der Waals surface area contributed by atoms with Crippen molar-refractivity contribution in [3.63, 3.8) is 0 Å². The molecule has 16 aromatic rings. The largest absolute Gasteiger partial charge is 0.508 e. The highest BCUT2D eigenvalue weighted by molar-refractivity contribution is 7.90. The van der Waals surface area contributed by atoms with Crippen LogP contribution in [0.2, 0.25) is 0 Å². The summed E-state index contributed by atoms with van der Waals surface area (Å²) < 4.78 is 120. The number of nitrogens with zero attached hydrogens (tertiary/aromatic N) is 13. The zero-order chi connectivity index (χ0) is 109. The minimum absolute atomic E-state index is 0.0133. The molecule has 17 rings (SSSR count). The zero-order valence-corrected chi connectivity index (χ0v) is 87.4. The number of sulfonamides is 3. The molecule has 37 nitrogen and oxygen atoms in total. The summed E-state index contributed by atoms with van der Waals surface area (Å²) in [5.41, 5.74) is 26.5. The summed E-state index contributed by atoms with van der Waals surface area (Å²) in [6.07, 6.45) is 1.65. The van der Waals surface area contributed by atoms with Crippen LogP contribution in [0.3, 0.4) is 0 Å². The fraction of sp³-hybridized carbons (Fsp3) is 0.255. The van der Waals surface area contributed by atoms with E-state index in [2.05, 4.69) is 65.1 Å². The molecule has 7 heterocycles. The fourth-order valence-corrected chi connectivity index (χ4v) is 21.6. The number of nitrogens with two attached hydrogens (primary N) is 3. The molecule has 150 heavy (non-hydrogen) atoms. The van der Waals surface area contributed by atoms with E-state index in [1.807, 2.05) is 158 Å². The van der Waals surface area contributed by atoms with Gasteiger partial charge in [0.25, 0.3) is 31.9 Å². The Morgan fingerprint density at radius 2 is 0.753 bits per heavy atom. The Labute approximate surface area is 868 Å². The van der Waals surface area contributed by atoms with Gasteiger partial charge in [0.15, 0.2) is 10.1 Å². The molecule has 10 aromatic carbocycles. The number of aromatic hydroxyl groups is 1. The molecule has 1 aliphatic heterocycles. The van der Waals surface area contributed by atoms with Crippen molar-refractivity contribution in [2.45, 2.75) is 116 Å². The molecular formula is C110H114N20O17S3. The molecule has 0 aliphatic carbocycles. The van der Waals surface area contributed by atoms with Gasteiger partial charge in [0.1, 0.15) is 77.5 Å². The summed E-state index contributed by atoms with van der Waals surface area (Å²) in [6.45, 7) is 19.9. The van der Waals surface area contributed by atoms with Crippen LogP contribution in [0.15, 0.2) is 221 Å². The van der Waals surface area contributed by atoms with E-state index >= 15 is 0 Å². The lowest BCUT2D eigenvalue weighted by Gasteiger charge is -2.20. The highest BCUT2D eigenvalue weighted by Crippen LogP contribution is 2.43. The van der Waals surface area contributed by atoms with Crippen molar-refractivity contribution in [2.75, 3.05) is 94.2 Å². The van der Waals surface area contributed by atoms with Crippen LogP contribution in [-0.4, -0.2) is 175 Å². The SMILES string of the molecule is CCCNS(=O)(=O)c1c(C#N)c2ccc(OC)cc2n1CC.CCn1c(-c2ccc(C(=O)N3CCCNCC3)cc2)c(C#N)c2ccc(OC)cc21.CCn1c(-c2ccc(C(=O)NCC(N)=O)cc2)c(C#N)c2ccc(OC)cc21.CCn1c(-c2cccc(N)c2)c(C#N)c2ccc(O)cc21.CCn1c(-c2cccc(S(N)(=O)=O)c2)c(C#N)c2ccc(OC)cc21.CCn1c(S(=O)(=O)NCC(=O)OC)c(C#N)c2ccc(OC)cc21. The van der Waals surface area contributed by atoms with Crippen molar-refractivity contribution < 1.29 is 78.0 Å². The number of primary amides is 1. The lowest BCUT2D eigenvalue weighted by atomic mass is 10.0. The number of nitrogen functional groups attached to an aromatic ring is 1. The van der Waals surface area contributed by atoms with Gasteiger partial charge < -0.3 is 87.9 Å². The van der Waals surface area contributed by atoms with Crippen molar-refractivity contribution in [3.05, 3.63) is 251 Å². The van der Waals surface area contributed by atoms with Gasteiger partial charge in [-0.2, -0.15) is 36.3 Å². The minimum Gasteiger partial charge on any atom is -0.508 e. The van der Waals surface area contributed by atoms with Gasteiger partial charge in [-0.15, -0.1) is 0 Å². The standard InChI is InChI=1S/C24H26N4O2.C21H20N4O3.C18H17N3O3S.C17H15N3O.C15H17N3O5S.C15H19N3O3S/c1-3-28-22-15-19(30-2)9-10-20(22)21(16-25)23(28)17-5-7-18(8-6-17)24(29)27-13-4-11-26-12-14-27;1-3-25-18-10-15(28-2)8-9-16(18)17(11-22)20(25)13-4-6-14(7-5-13)21(27)24-12-19(23)26;1-3-21-17-10-13(24-2)7-8-15(17)16(11-19)18(21)12-5-4-6-14(9-12)25(20,22)23;1-2-20-16-9-13(21)6-7-14(16)15(10-18)17(20)11-4-3-5-12(19)8-11;1-4-18-13-7-10(22-2)5-6-11(13)12(8-16)15(18)24(20,21)17-9-14(19)23-3;1-4-8-17-22(19,20)15-13(10-16)12-7-6-11(21-3)9-14(12)18(15)5-2/h5-10,15,26H,3-4,11-14H2,1-2H3;4-10H,3,12H2,1-2H3,(H2,23,26)(H,24,27);4-10H,3H2,1-2H3,(H2,20,22,23);3-9,21H,2,19H2,1H3;5-7,17H,4,9H2,1-3H3;6-7,9,17H,4-5,8H2,1-3H3. The van der Waals surface area contributed by atoms with Crippen LogP contribution in [0.1, 0.15) is 115 Å². The number of phenols is 1. The molecule has 0 atom stereocenters. The van der Waals surface area contributed by atoms with Crippen molar-refractivity contribution in [1.82, 2.24) is 52.4 Å². The second kappa shape index (κ2) is 49.6. The van der Waals surface area contributed by atoms with E-state index < -0.39 is 48.5 Å². The van der Waals surface area contributed by atoms with E-state index in [9.17, 15) is 81.1 Å². The number of esters is 1. The Kier molecular flexibility index (Phi) is 36.8. The first-order valence-corrected chi connectivity index (χ1v) is 52.2. The average Bonchev–Trinajstić information content (AvgIpc) is 1.61. The van der Waals surface area contributed by atoms with Gasteiger partial charge in [-0.25, -0.2) is 35.1 Å². The van der Waals surface area contributed by atoms with Crippen LogP contribution < -0.4 is 60.4 Å². The number of aromatic nitrogens is 6. The lowest BCUT2D eigenvalue weighted by Crippen LogP contribution is -2.34. The normalized spacial score (nSPS) is 11.7. The van der Waals surface area contributed by atoms with Crippen LogP contribution in [0.25, 0.3) is 110 Å². The predicted molar refractivity (Wildman–Crippen MR) is 574 cm³/mol. The quantitative estimate of drug-likeness (QED) is 0.0167. The second-order valence-electron chi connectivity index (χ2n) is 33.7. The molecule has 11 N–H and O–H groups in total. The number of nitrogens with one attached hydrogen (secondary N) is 4. The molecule has 0 bridgehead atoms. The summed E-state index contributed by atoms with van der Waals surface area (Å²) in [7, 11) is -2.61. The Morgan fingerprint density at radius 3 is 1.11 bits per heavy atom. The molecule has 3 amide bonds. The number of carbonyl (C=O) groups is 4. The maximum Gasteiger partial charge on any atom is 0.320 e. The summed E-state index contributed by atoms with van der Waals surface area (Å²) in [6, 6.07) is 73.7. The first-order chi connectivity index (χ1) is 72.1. The molecule has 0 saturated carbocycles. The molecule has 1 fully saturated rings. The van der Waals surface area contributed by atoms with E-state index in [1.165, 1.54) is 23.8 Å². The number of anilines is 1. The third-order valence-electron chi connectivity index (χ3n) is 25.0. The minimum atomic E-state index is -4.08. The van der Waals surface area contributed by atoms with Crippen molar-refractivity contribution >= 4 is 125 Å². The maximum absolute atomic E-state index is 12.9. The third kappa shape index (κ3) is 23.8. The average molecular weight is 2080 g/mol. The van der Waals surface area contributed by atoms with E-state index in [0.29, 0.717) is 135 Å². The van der Waals surface area contributed by atoms with Gasteiger partial charge in [0.2, 0.25) is 15.9 Å². The monoisotopic (exact) mass is 2080 g/mol. The number of aryl methyl sites for hydroxylation is 6. The van der Waals surface area contributed by atoms with Crippen LogP contribution in [-0.2, 0) is 83.7 Å². The Balaban J connectivity index is 0.000000160. The number of fused-ring (bicyclic) bond motifs is 6. The van der Waals surface area contributed by atoms with Crippen LogP contribution >= 0.6 is 0 Å². The van der Waals surface area contributed by atoms with E-state index in [4.69, 9.17) is 40.3 Å². The summed E-state index contributed by atoms with van der Waals surface area (Å²) in [4.78, 5) is 48.9. The number of rotatable bonds is 28. The van der Waals surface area contributed by atoms with Gasteiger partial charge in [0.05, 0.1) is 143 Å². The molecule has 0 radical (unpaired) electrons. The second-order valence-corrected chi connectivity index (χ2v) is 38.6. The third-order valence-corrected chi connectivity index (χ3v) is 28.9. The van der Waals surface area contributed by atoms with E-state index in [1.54, 1.807) is 137 Å². The van der Waals surface area contributed by atoms with Crippen LogP contribution in [0.4, 0.5) is 5.69 Å². The van der Waals surface area contributed by atoms with Gasteiger partial charge in [-0.3, -0.25) is 19.2 Å². The number of hydrogen-bond acceptors (Lipinski definition) is 25.